The van der Waals surface area contributed by atoms with E-state index in [4.69, 9.17) is 0 Å². The van der Waals surface area contributed by atoms with E-state index >= 15 is 0 Å². The van der Waals surface area contributed by atoms with Gasteiger partial charge in [0.05, 0.1) is 16.3 Å². The van der Waals surface area contributed by atoms with Crippen molar-refractivity contribution in [1.82, 2.24) is 0 Å². The Bertz CT molecular complexity index is 817. The van der Waals surface area contributed by atoms with Gasteiger partial charge in [-0.2, -0.15) is 0 Å². The highest BCUT2D eigenvalue weighted by Gasteiger charge is 2.29. The first-order chi connectivity index (χ1) is 11.0. The number of anilines is 1. The molecule has 7 nitrogen and oxygen atoms in total. The van der Waals surface area contributed by atoms with Crippen LogP contribution in [0.5, 0.6) is 0 Å². The van der Waals surface area contributed by atoms with Crippen LogP contribution < -0.4 is 4.90 Å². The normalized spacial score (nSPS) is 17.3. The van der Waals surface area contributed by atoms with Crippen LogP contribution in [-0.4, -0.2) is 34.9 Å². The quantitative estimate of drug-likeness (QED) is 0.674. The van der Waals surface area contributed by atoms with Gasteiger partial charge in [0.15, 0.2) is 0 Å². The summed E-state index contributed by atoms with van der Waals surface area (Å²) in [6.07, 6.45) is -1.55. The number of fused-ring (bicyclic) bond motifs is 1. The molecule has 1 unspecified atom stereocenters. The smallest absolute Gasteiger partial charge is 0.278 e. The zero-order valence-electron chi connectivity index (χ0n) is 12.2. The summed E-state index contributed by atoms with van der Waals surface area (Å²) in [5.41, 5.74) is 1.79. The van der Waals surface area contributed by atoms with Crippen molar-refractivity contribution < 1.29 is 14.8 Å². The van der Waals surface area contributed by atoms with E-state index in [1.807, 2.05) is 6.07 Å². The van der Waals surface area contributed by atoms with Gasteiger partial charge in [-0.25, -0.2) is 4.99 Å². The van der Waals surface area contributed by atoms with Crippen molar-refractivity contribution in [1.29, 1.82) is 0 Å². The van der Waals surface area contributed by atoms with Gasteiger partial charge in [0.25, 0.3) is 11.6 Å². The van der Waals surface area contributed by atoms with E-state index in [0.29, 0.717) is 22.5 Å². The largest absolute Gasteiger partial charge is 0.364 e. The number of carbonyl (C=O) groups is 1. The maximum Gasteiger partial charge on any atom is 0.278 e. The van der Waals surface area contributed by atoms with Gasteiger partial charge in [0.1, 0.15) is 0 Å². The van der Waals surface area contributed by atoms with Crippen LogP contribution in [-0.2, 0) is 4.79 Å². The number of aliphatic hydroxyl groups is 1. The Morgan fingerprint density at radius 2 is 1.91 bits per heavy atom. The van der Waals surface area contributed by atoms with Gasteiger partial charge < -0.3 is 10.0 Å². The van der Waals surface area contributed by atoms with Gasteiger partial charge in [0, 0.05) is 30.3 Å². The number of aliphatic hydroxyl groups excluding tert-OH is 1. The second kappa shape index (κ2) is 5.62. The highest BCUT2D eigenvalue weighted by Crippen LogP contribution is 2.30. The lowest BCUT2D eigenvalue weighted by atomic mass is 9.99. The highest BCUT2D eigenvalue weighted by molar-refractivity contribution is 6.20. The SMILES string of the molecule is CN1C(=O)C(O)N=C(c2ccccc2)c2cc([N+](=O)[O-])ccc21. The van der Waals surface area contributed by atoms with Crippen molar-refractivity contribution in [2.45, 2.75) is 6.23 Å². The molecule has 0 fully saturated rings. The Morgan fingerprint density at radius 1 is 1.22 bits per heavy atom. The Kier molecular flexibility index (Phi) is 3.63. The number of benzene rings is 2. The standard InChI is InChI=1S/C16H13N3O4/c1-18-13-8-7-11(19(22)23)9-12(13)14(17-15(20)16(18)21)10-5-3-2-4-6-10/h2-9,15,20H,1H3. The number of benzodiazepines with no additional fused rings is 1. The maximum absolute atomic E-state index is 12.1. The first kappa shape index (κ1) is 14.9. The molecular formula is C16H13N3O4. The van der Waals surface area contributed by atoms with Crippen molar-refractivity contribution >= 4 is 23.0 Å². The second-order valence-electron chi connectivity index (χ2n) is 5.07. The summed E-state index contributed by atoms with van der Waals surface area (Å²) in [5, 5.41) is 21.1. The molecule has 2 aromatic carbocycles. The summed E-state index contributed by atoms with van der Waals surface area (Å²) in [5.74, 6) is -0.592. The van der Waals surface area contributed by atoms with Gasteiger partial charge in [-0.05, 0) is 6.07 Å². The molecule has 0 saturated carbocycles. The average Bonchev–Trinajstić information content (AvgIpc) is 2.66. The van der Waals surface area contributed by atoms with Gasteiger partial charge in [-0.3, -0.25) is 14.9 Å². The molecule has 0 aliphatic carbocycles. The predicted octanol–water partition coefficient (Wildman–Crippen LogP) is 1.73. The van der Waals surface area contributed by atoms with Crippen LogP contribution in [0.2, 0.25) is 0 Å². The third-order valence-electron chi connectivity index (χ3n) is 3.66. The molecule has 0 bridgehead atoms. The molecular weight excluding hydrogens is 298 g/mol. The summed E-state index contributed by atoms with van der Waals surface area (Å²) >= 11 is 0. The number of non-ortho nitro benzene ring substituents is 1. The third kappa shape index (κ3) is 2.58. The summed E-state index contributed by atoms with van der Waals surface area (Å²) in [6, 6.07) is 13.1. The fourth-order valence-corrected chi connectivity index (χ4v) is 2.48. The van der Waals surface area contributed by atoms with Crippen LogP contribution in [0.15, 0.2) is 53.5 Å². The molecule has 1 heterocycles. The molecule has 7 heteroatoms. The van der Waals surface area contributed by atoms with E-state index in [1.165, 1.54) is 30.1 Å². The minimum Gasteiger partial charge on any atom is -0.364 e. The fraction of sp³-hybridized carbons (Fsp3) is 0.125. The van der Waals surface area contributed by atoms with E-state index in [-0.39, 0.29) is 5.69 Å². The minimum atomic E-state index is -1.55. The second-order valence-corrected chi connectivity index (χ2v) is 5.07. The number of nitro benzene ring substituents is 1. The van der Waals surface area contributed by atoms with E-state index in [1.54, 1.807) is 24.3 Å². The van der Waals surface area contributed by atoms with Crippen molar-refractivity contribution in [3.63, 3.8) is 0 Å². The number of hydrogen-bond donors (Lipinski definition) is 1. The molecule has 1 aliphatic rings. The van der Waals surface area contributed by atoms with Crippen LogP contribution in [0, 0.1) is 10.1 Å². The minimum absolute atomic E-state index is 0.107. The number of amides is 1. The van der Waals surface area contributed by atoms with Gasteiger partial charge in [-0.15, -0.1) is 0 Å². The zero-order chi connectivity index (χ0) is 16.6. The summed E-state index contributed by atoms with van der Waals surface area (Å²) in [6.45, 7) is 0. The van der Waals surface area contributed by atoms with Gasteiger partial charge >= 0.3 is 0 Å². The topological polar surface area (TPSA) is 96.0 Å². The molecule has 3 rings (SSSR count). The first-order valence-corrected chi connectivity index (χ1v) is 6.86. The Labute approximate surface area is 131 Å². The number of likely N-dealkylation sites (N-methyl/N-ethyl adjacent to an activating group) is 1. The molecule has 0 aromatic heterocycles. The molecule has 1 N–H and O–H groups in total. The van der Waals surface area contributed by atoms with Crippen molar-refractivity contribution in [3.8, 4) is 0 Å². The van der Waals surface area contributed by atoms with Crippen LogP contribution in [0.3, 0.4) is 0 Å². The zero-order valence-corrected chi connectivity index (χ0v) is 12.2. The average molecular weight is 311 g/mol. The van der Waals surface area contributed by atoms with E-state index in [0.717, 1.165) is 0 Å². The molecule has 0 radical (unpaired) electrons. The molecule has 116 valence electrons. The van der Waals surface area contributed by atoms with Crippen LogP contribution >= 0.6 is 0 Å². The molecule has 1 amide bonds. The van der Waals surface area contributed by atoms with E-state index in [2.05, 4.69) is 4.99 Å². The third-order valence-corrected chi connectivity index (χ3v) is 3.66. The number of nitro groups is 1. The molecule has 0 saturated heterocycles. The Hall–Kier alpha value is -3.06. The first-order valence-electron chi connectivity index (χ1n) is 6.86. The summed E-state index contributed by atoms with van der Waals surface area (Å²) < 4.78 is 0. The number of hydrogen-bond acceptors (Lipinski definition) is 5. The van der Waals surface area contributed by atoms with Gasteiger partial charge in [0.2, 0.25) is 6.23 Å². The fourth-order valence-electron chi connectivity index (χ4n) is 2.48. The Morgan fingerprint density at radius 3 is 2.57 bits per heavy atom. The van der Waals surface area contributed by atoms with Crippen LogP contribution in [0.1, 0.15) is 11.1 Å². The lowest BCUT2D eigenvalue weighted by Crippen LogP contribution is -2.34. The highest BCUT2D eigenvalue weighted by atomic mass is 16.6. The summed E-state index contributed by atoms with van der Waals surface area (Å²) in [4.78, 5) is 28.0. The molecule has 0 spiro atoms. The predicted molar refractivity (Wildman–Crippen MR) is 84.6 cm³/mol. The van der Waals surface area contributed by atoms with Crippen molar-refractivity contribution in [3.05, 3.63) is 69.8 Å². The number of rotatable bonds is 2. The molecule has 1 atom stereocenters. The monoisotopic (exact) mass is 311 g/mol. The Balaban J connectivity index is 2.28. The number of nitrogens with zero attached hydrogens (tertiary/aromatic N) is 3. The van der Waals surface area contributed by atoms with E-state index in [9.17, 15) is 20.0 Å². The van der Waals surface area contributed by atoms with Crippen molar-refractivity contribution in [2.75, 3.05) is 11.9 Å². The van der Waals surface area contributed by atoms with Crippen molar-refractivity contribution in [2.24, 2.45) is 4.99 Å². The number of aliphatic imine (C=N–C) groups is 1. The van der Waals surface area contributed by atoms with E-state index < -0.39 is 17.1 Å². The lowest BCUT2D eigenvalue weighted by Gasteiger charge is -2.18. The number of carbonyl (C=O) groups excluding carboxylic acids is 1. The van der Waals surface area contributed by atoms with Crippen LogP contribution in [0.4, 0.5) is 11.4 Å². The maximum atomic E-state index is 12.1. The molecule has 2 aromatic rings. The molecule has 23 heavy (non-hydrogen) atoms. The molecule has 1 aliphatic heterocycles. The summed E-state index contributed by atoms with van der Waals surface area (Å²) in [7, 11) is 1.50. The lowest BCUT2D eigenvalue weighted by molar-refractivity contribution is -0.384. The van der Waals surface area contributed by atoms with Crippen LogP contribution in [0.25, 0.3) is 0 Å². The van der Waals surface area contributed by atoms with Gasteiger partial charge in [-0.1, -0.05) is 30.3 Å².